The Morgan fingerprint density at radius 2 is 2.36 bits per heavy atom. The third kappa shape index (κ3) is 2.43. The Morgan fingerprint density at radius 3 is 3.00 bits per heavy atom. The van der Waals surface area contributed by atoms with Crippen LogP contribution in [-0.2, 0) is 13.1 Å². The highest BCUT2D eigenvalue weighted by Crippen LogP contribution is 2.07. The molecule has 0 saturated heterocycles. The minimum Gasteiger partial charge on any atom is -0.465 e. The molecule has 0 unspecified atom stereocenters. The molecule has 2 aromatic heterocycles. The minimum atomic E-state index is 0.757. The van der Waals surface area contributed by atoms with E-state index in [1.165, 1.54) is 0 Å². The zero-order valence-corrected chi connectivity index (χ0v) is 8.80. The number of nitrogens with one attached hydrogen (secondary N) is 1. The molecule has 0 spiro atoms. The maximum atomic E-state index is 5.42. The van der Waals surface area contributed by atoms with Crippen molar-refractivity contribution in [2.75, 3.05) is 0 Å². The van der Waals surface area contributed by atoms with Gasteiger partial charge in [-0.05, 0) is 19.1 Å². The van der Waals surface area contributed by atoms with Crippen LogP contribution in [0.4, 0.5) is 0 Å². The molecular formula is C10H12N2OS. The average Bonchev–Trinajstić information content (AvgIpc) is 2.77. The molecule has 0 amide bonds. The van der Waals surface area contributed by atoms with E-state index in [1.54, 1.807) is 11.3 Å². The summed E-state index contributed by atoms with van der Waals surface area (Å²) in [6.07, 6.45) is 1.82. The Hall–Kier alpha value is -1.13. The lowest BCUT2D eigenvalue weighted by Gasteiger charge is -1.98. The number of nitrogens with zero attached hydrogens (tertiary/aromatic N) is 1. The first-order chi connectivity index (χ1) is 6.84. The first-order valence-electron chi connectivity index (χ1n) is 4.49. The highest BCUT2D eigenvalue weighted by molar-refractivity contribution is 7.09. The van der Waals surface area contributed by atoms with Gasteiger partial charge in [0.2, 0.25) is 0 Å². The van der Waals surface area contributed by atoms with Crippen LogP contribution in [0.1, 0.15) is 16.5 Å². The first-order valence-corrected chi connectivity index (χ1v) is 5.37. The topological polar surface area (TPSA) is 38.1 Å². The van der Waals surface area contributed by atoms with Crippen molar-refractivity contribution < 1.29 is 4.42 Å². The lowest BCUT2D eigenvalue weighted by Crippen LogP contribution is -2.11. The molecule has 74 valence electrons. The number of rotatable bonds is 4. The molecule has 0 aromatic carbocycles. The molecule has 0 fully saturated rings. The van der Waals surface area contributed by atoms with Gasteiger partial charge in [0.05, 0.1) is 6.54 Å². The van der Waals surface area contributed by atoms with E-state index in [0.717, 1.165) is 29.6 Å². The zero-order valence-electron chi connectivity index (χ0n) is 7.99. The lowest BCUT2D eigenvalue weighted by molar-refractivity contribution is 0.461. The zero-order chi connectivity index (χ0) is 9.80. The molecule has 2 rings (SSSR count). The monoisotopic (exact) mass is 208 g/mol. The summed E-state index contributed by atoms with van der Waals surface area (Å²) in [4.78, 5) is 4.18. The van der Waals surface area contributed by atoms with Crippen LogP contribution in [0.2, 0.25) is 0 Å². The largest absolute Gasteiger partial charge is 0.465 e. The van der Waals surface area contributed by atoms with Crippen LogP contribution in [0.3, 0.4) is 0 Å². The molecule has 4 heteroatoms. The maximum Gasteiger partial charge on any atom is 0.117 e. The van der Waals surface area contributed by atoms with Crippen LogP contribution in [-0.4, -0.2) is 4.98 Å². The number of hydrogen-bond donors (Lipinski definition) is 1. The Morgan fingerprint density at radius 1 is 1.43 bits per heavy atom. The van der Waals surface area contributed by atoms with Crippen LogP contribution >= 0.6 is 11.3 Å². The van der Waals surface area contributed by atoms with Crippen LogP contribution < -0.4 is 5.32 Å². The van der Waals surface area contributed by atoms with E-state index in [-0.39, 0.29) is 0 Å². The lowest BCUT2D eigenvalue weighted by atomic mass is 10.4. The summed E-state index contributed by atoms with van der Waals surface area (Å²) in [6.45, 7) is 3.51. The predicted octanol–water partition coefficient (Wildman–Crippen LogP) is 2.33. The van der Waals surface area contributed by atoms with Crippen molar-refractivity contribution in [3.63, 3.8) is 0 Å². The molecular weight excluding hydrogens is 196 g/mol. The highest BCUT2D eigenvalue weighted by atomic mass is 32.1. The highest BCUT2D eigenvalue weighted by Gasteiger charge is 1.98. The molecule has 0 radical (unpaired) electrons. The van der Waals surface area contributed by atoms with Crippen molar-refractivity contribution >= 4 is 11.3 Å². The summed E-state index contributed by atoms with van der Waals surface area (Å²) < 4.78 is 5.42. The van der Waals surface area contributed by atoms with Crippen molar-refractivity contribution in [2.24, 2.45) is 0 Å². The minimum absolute atomic E-state index is 0.757. The van der Waals surface area contributed by atoms with Crippen molar-refractivity contribution in [3.8, 4) is 0 Å². The van der Waals surface area contributed by atoms with Crippen molar-refractivity contribution in [2.45, 2.75) is 20.0 Å². The molecule has 2 heterocycles. The van der Waals surface area contributed by atoms with Crippen LogP contribution in [0.5, 0.6) is 0 Å². The average molecular weight is 208 g/mol. The van der Waals surface area contributed by atoms with E-state index in [0.29, 0.717) is 0 Å². The second-order valence-corrected chi connectivity index (χ2v) is 4.02. The molecule has 0 aliphatic rings. The van der Waals surface area contributed by atoms with Gasteiger partial charge in [0.1, 0.15) is 16.5 Å². The Balaban J connectivity index is 1.78. The summed E-state index contributed by atoms with van der Waals surface area (Å²) >= 11 is 1.66. The summed E-state index contributed by atoms with van der Waals surface area (Å²) in [5, 5.41) is 6.36. The smallest absolute Gasteiger partial charge is 0.117 e. The van der Waals surface area contributed by atoms with Gasteiger partial charge in [-0.15, -0.1) is 11.3 Å². The molecule has 14 heavy (non-hydrogen) atoms. The van der Waals surface area contributed by atoms with Gasteiger partial charge in [-0.25, -0.2) is 4.98 Å². The SMILES string of the molecule is Cc1ccc(CNCc2nccs2)o1. The number of aryl methyl sites for hydroxylation is 1. The van der Waals surface area contributed by atoms with E-state index < -0.39 is 0 Å². The molecule has 0 saturated carbocycles. The third-order valence-corrected chi connectivity index (χ3v) is 2.63. The predicted molar refractivity (Wildman–Crippen MR) is 56.1 cm³/mol. The molecule has 0 aliphatic heterocycles. The first kappa shape index (κ1) is 9.43. The molecule has 0 atom stereocenters. The van der Waals surface area contributed by atoms with E-state index in [1.807, 2.05) is 30.6 Å². The quantitative estimate of drug-likeness (QED) is 0.838. The van der Waals surface area contributed by atoms with Gasteiger partial charge in [0.15, 0.2) is 0 Å². The molecule has 3 nitrogen and oxygen atoms in total. The Kier molecular flexibility index (Phi) is 2.96. The van der Waals surface area contributed by atoms with Crippen molar-refractivity contribution in [3.05, 3.63) is 40.2 Å². The van der Waals surface area contributed by atoms with E-state index >= 15 is 0 Å². The van der Waals surface area contributed by atoms with Crippen LogP contribution in [0.25, 0.3) is 0 Å². The van der Waals surface area contributed by atoms with Crippen molar-refractivity contribution in [1.29, 1.82) is 0 Å². The van der Waals surface area contributed by atoms with E-state index in [2.05, 4.69) is 10.3 Å². The fourth-order valence-electron chi connectivity index (χ4n) is 1.21. The number of furan rings is 1. The summed E-state index contributed by atoms with van der Waals surface area (Å²) in [7, 11) is 0. The molecule has 1 N–H and O–H groups in total. The summed E-state index contributed by atoms with van der Waals surface area (Å²) in [6, 6.07) is 3.96. The van der Waals surface area contributed by atoms with E-state index in [9.17, 15) is 0 Å². The fourth-order valence-corrected chi connectivity index (χ4v) is 1.80. The molecule has 0 bridgehead atoms. The van der Waals surface area contributed by atoms with E-state index in [4.69, 9.17) is 4.42 Å². The third-order valence-electron chi connectivity index (χ3n) is 1.85. The Bertz CT molecular complexity index is 380. The van der Waals surface area contributed by atoms with Gasteiger partial charge in [-0.2, -0.15) is 0 Å². The number of aromatic nitrogens is 1. The van der Waals surface area contributed by atoms with Crippen LogP contribution in [0.15, 0.2) is 28.1 Å². The van der Waals surface area contributed by atoms with Crippen molar-refractivity contribution in [1.82, 2.24) is 10.3 Å². The van der Waals surface area contributed by atoms with Gasteiger partial charge in [0, 0.05) is 18.1 Å². The fraction of sp³-hybridized carbons (Fsp3) is 0.300. The summed E-state index contributed by atoms with van der Waals surface area (Å²) in [5.74, 6) is 1.93. The summed E-state index contributed by atoms with van der Waals surface area (Å²) in [5.41, 5.74) is 0. The van der Waals surface area contributed by atoms with Gasteiger partial charge in [0.25, 0.3) is 0 Å². The van der Waals surface area contributed by atoms with Crippen LogP contribution in [0, 0.1) is 6.92 Å². The maximum absolute atomic E-state index is 5.42. The Labute approximate surface area is 86.8 Å². The van der Waals surface area contributed by atoms with Gasteiger partial charge >= 0.3 is 0 Å². The number of thiazole rings is 1. The molecule has 2 aromatic rings. The van der Waals surface area contributed by atoms with Gasteiger partial charge in [-0.1, -0.05) is 0 Å². The standard InChI is InChI=1S/C10H12N2OS/c1-8-2-3-9(13-8)6-11-7-10-12-4-5-14-10/h2-5,11H,6-7H2,1H3. The normalized spacial score (nSPS) is 10.6. The second-order valence-electron chi connectivity index (χ2n) is 3.04. The van der Waals surface area contributed by atoms with Gasteiger partial charge < -0.3 is 9.73 Å². The number of hydrogen-bond acceptors (Lipinski definition) is 4. The van der Waals surface area contributed by atoms with Gasteiger partial charge in [-0.3, -0.25) is 0 Å². The molecule has 0 aliphatic carbocycles. The second kappa shape index (κ2) is 4.39.